The number of rotatable bonds is 53. The van der Waals surface area contributed by atoms with Gasteiger partial charge in [-0.2, -0.15) is 0 Å². The molecule has 0 aliphatic rings. The Labute approximate surface area is 405 Å². The highest BCUT2D eigenvalue weighted by Crippen LogP contribution is 2.19. The number of aliphatic hydroxyl groups excluding tert-OH is 2. The van der Waals surface area contributed by atoms with Crippen LogP contribution in [0.15, 0.2) is 24.3 Å². The summed E-state index contributed by atoms with van der Waals surface area (Å²) in [6.45, 7) is 6.51. The van der Waals surface area contributed by atoms with Crippen molar-refractivity contribution < 1.29 is 24.5 Å². The van der Waals surface area contributed by atoms with Gasteiger partial charge in [0.2, 0.25) is 5.91 Å². The zero-order valence-corrected chi connectivity index (χ0v) is 43.9. The third kappa shape index (κ3) is 48.6. The van der Waals surface area contributed by atoms with Gasteiger partial charge in [-0.15, -0.1) is 0 Å². The van der Waals surface area contributed by atoms with Crippen LogP contribution in [-0.4, -0.2) is 46.9 Å². The quantitative estimate of drug-likeness (QED) is 0.0321. The lowest BCUT2D eigenvalue weighted by molar-refractivity contribution is -0.151. The van der Waals surface area contributed by atoms with Crippen LogP contribution in [0.25, 0.3) is 0 Å². The first-order valence-electron chi connectivity index (χ1n) is 29.1. The molecule has 0 aliphatic heterocycles. The summed E-state index contributed by atoms with van der Waals surface area (Å²) >= 11 is 0. The number of aliphatic hydroxyl groups is 2. The van der Waals surface area contributed by atoms with Gasteiger partial charge in [-0.25, -0.2) is 0 Å². The van der Waals surface area contributed by atoms with E-state index in [9.17, 15) is 19.8 Å². The van der Waals surface area contributed by atoms with Crippen LogP contribution in [0.3, 0.4) is 0 Å². The molecular formula is C59H113NO5. The van der Waals surface area contributed by atoms with Crippen molar-refractivity contribution in [1.29, 1.82) is 0 Å². The Morgan fingerprint density at radius 1 is 0.446 bits per heavy atom. The van der Waals surface area contributed by atoms with Crippen LogP contribution in [0.2, 0.25) is 0 Å². The predicted octanol–water partition coefficient (Wildman–Crippen LogP) is 17.9. The van der Waals surface area contributed by atoms with Gasteiger partial charge in [0.1, 0.15) is 6.10 Å². The van der Waals surface area contributed by atoms with E-state index in [-0.39, 0.29) is 24.9 Å². The molecule has 6 nitrogen and oxygen atoms in total. The minimum absolute atomic E-state index is 0.0657. The van der Waals surface area contributed by atoms with Gasteiger partial charge >= 0.3 is 5.97 Å². The van der Waals surface area contributed by atoms with Gasteiger partial charge in [0.25, 0.3) is 0 Å². The van der Waals surface area contributed by atoms with E-state index in [4.69, 9.17) is 4.74 Å². The fourth-order valence-corrected chi connectivity index (χ4v) is 9.13. The number of hydrogen-bond acceptors (Lipinski definition) is 5. The molecule has 0 radical (unpaired) electrons. The fourth-order valence-electron chi connectivity index (χ4n) is 9.13. The molecule has 0 spiro atoms. The summed E-state index contributed by atoms with van der Waals surface area (Å²) in [7, 11) is 0. The molecule has 3 unspecified atom stereocenters. The number of amides is 1. The third-order valence-electron chi connectivity index (χ3n) is 13.6. The summed E-state index contributed by atoms with van der Waals surface area (Å²) in [4.78, 5) is 26.3. The SMILES string of the molecule is CCCCCCCCC/C=C/C=C/CCCCCC(CC(=O)NC(CO)C(O)CCCCCCCCCCCCCCCC)OC(=O)CCCCCCCCCCCCCCCCCC. The van der Waals surface area contributed by atoms with Crippen LogP contribution in [0.1, 0.15) is 316 Å². The van der Waals surface area contributed by atoms with E-state index in [0.29, 0.717) is 19.3 Å². The van der Waals surface area contributed by atoms with E-state index in [1.54, 1.807) is 0 Å². The van der Waals surface area contributed by atoms with E-state index in [2.05, 4.69) is 50.4 Å². The number of hydrogen-bond donors (Lipinski definition) is 3. The number of ether oxygens (including phenoxy) is 1. The molecular weight excluding hydrogens is 803 g/mol. The Hall–Kier alpha value is -1.66. The Morgan fingerprint density at radius 3 is 1.15 bits per heavy atom. The molecule has 0 saturated carbocycles. The summed E-state index contributed by atoms with van der Waals surface area (Å²) in [6, 6.07) is -0.706. The summed E-state index contributed by atoms with van der Waals surface area (Å²) in [6.07, 6.45) is 62.4. The summed E-state index contributed by atoms with van der Waals surface area (Å²) < 4.78 is 5.95. The van der Waals surface area contributed by atoms with Gasteiger partial charge in [-0.1, -0.05) is 276 Å². The molecule has 0 bridgehead atoms. The van der Waals surface area contributed by atoms with Crippen LogP contribution in [0, 0.1) is 0 Å². The molecule has 65 heavy (non-hydrogen) atoms. The molecule has 0 heterocycles. The van der Waals surface area contributed by atoms with Crippen LogP contribution in [-0.2, 0) is 14.3 Å². The smallest absolute Gasteiger partial charge is 0.306 e. The number of nitrogens with one attached hydrogen (secondary N) is 1. The second kappa shape index (κ2) is 53.3. The van der Waals surface area contributed by atoms with Crippen molar-refractivity contribution in [2.24, 2.45) is 0 Å². The monoisotopic (exact) mass is 916 g/mol. The van der Waals surface area contributed by atoms with Gasteiger partial charge in [0, 0.05) is 6.42 Å². The van der Waals surface area contributed by atoms with Gasteiger partial charge in [-0.05, 0) is 51.4 Å². The lowest BCUT2D eigenvalue weighted by Crippen LogP contribution is -2.46. The van der Waals surface area contributed by atoms with E-state index in [0.717, 1.165) is 64.2 Å². The standard InChI is InChI=1S/C59H113NO5/c1-4-7-10-13-16-19-22-25-28-30-32-35-38-41-44-47-50-55(65-59(64)52-49-46-43-40-37-34-31-29-26-23-20-17-14-11-8-5-2)53-58(63)60-56(54-61)57(62)51-48-45-42-39-36-33-27-24-21-18-15-12-9-6-3/h28,30,32,35,55-57,61-62H,4-27,29,31,33-34,36-54H2,1-3H3,(H,60,63)/b30-28+,35-32+. The van der Waals surface area contributed by atoms with E-state index >= 15 is 0 Å². The Bertz CT molecular complexity index is 1030. The van der Waals surface area contributed by atoms with Gasteiger partial charge in [0.15, 0.2) is 0 Å². The van der Waals surface area contributed by atoms with Gasteiger partial charge < -0.3 is 20.3 Å². The minimum atomic E-state index is -0.791. The molecule has 6 heteroatoms. The molecule has 0 fully saturated rings. The van der Waals surface area contributed by atoms with Crippen LogP contribution in [0.5, 0.6) is 0 Å². The second-order valence-corrected chi connectivity index (χ2v) is 20.1. The molecule has 3 N–H and O–H groups in total. The average molecular weight is 917 g/mol. The maximum absolute atomic E-state index is 13.3. The molecule has 0 aromatic carbocycles. The Morgan fingerprint density at radius 2 is 0.769 bits per heavy atom. The minimum Gasteiger partial charge on any atom is -0.462 e. The van der Waals surface area contributed by atoms with Crippen molar-refractivity contribution in [2.45, 2.75) is 334 Å². The predicted molar refractivity (Wildman–Crippen MR) is 283 cm³/mol. The Balaban J connectivity index is 4.57. The molecule has 1 amide bonds. The van der Waals surface area contributed by atoms with Gasteiger partial charge in [-0.3, -0.25) is 9.59 Å². The molecule has 0 aromatic heterocycles. The lowest BCUT2D eigenvalue weighted by Gasteiger charge is -2.24. The molecule has 0 aliphatic carbocycles. The number of carbonyl (C=O) groups is 2. The first kappa shape index (κ1) is 63.3. The van der Waals surface area contributed by atoms with Crippen molar-refractivity contribution in [3.63, 3.8) is 0 Å². The normalized spacial score (nSPS) is 13.2. The zero-order chi connectivity index (χ0) is 47.4. The largest absolute Gasteiger partial charge is 0.462 e. The molecule has 0 aromatic rings. The van der Waals surface area contributed by atoms with Crippen molar-refractivity contribution >= 4 is 11.9 Å². The first-order chi connectivity index (χ1) is 32.0. The summed E-state index contributed by atoms with van der Waals surface area (Å²) in [5.41, 5.74) is 0. The number of carbonyl (C=O) groups excluding carboxylic acids is 2. The Kier molecular flexibility index (Phi) is 51.9. The highest BCUT2D eigenvalue weighted by molar-refractivity contribution is 5.77. The topological polar surface area (TPSA) is 95.9 Å². The number of unbranched alkanes of at least 4 members (excludes halogenated alkanes) is 38. The van der Waals surface area contributed by atoms with E-state index in [1.165, 1.54) is 205 Å². The fraction of sp³-hybridized carbons (Fsp3) is 0.898. The second-order valence-electron chi connectivity index (χ2n) is 20.1. The number of allylic oxidation sites excluding steroid dienone is 4. The maximum Gasteiger partial charge on any atom is 0.306 e. The van der Waals surface area contributed by atoms with Crippen molar-refractivity contribution in [3.05, 3.63) is 24.3 Å². The van der Waals surface area contributed by atoms with Crippen LogP contribution in [0.4, 0.5) is 0 Å². The number of esters is 1. The first-order valence-corrected chi connectivity index (χ1v) is 29.1. The highest BCUT2D eigenvalue weighted by atomic mass is 16.5. The highest BCUT2D eigenvalue weighted by Gasteiger charge is 2.24. The molecule has 3 atom stereocenters. The van der Waals surface area contributed by atoms with E-state index < -0.39 is 18.2 Å². The van der Waals surface area contributed by atoms with Crippen molar-refractivity contribution in [1.82, 2.24) is 5.32 Å². The van der Waals surface area contributed by atoms with Crippen molar-refractivity contribution in [2.75, 3.05) is 6.61 Å². The van der Waals surface area contributed by atoms with Crippen LogP contribution < -0.4 is 5.32 Å². The summed E-state index contributed by atoms with van der Waals surface area (Å²) in [5.74, 6) is -0.480. The summed E-state index contributed by atoms with van der Waals surface area (Å²) in [5, 5.41) is 23.9. The van der Waals surface area contributed by atoms with Crippen molar-refractivity contribution in [3.8, 4) is 0 Å². The molecule has 0 saturated heterocycles. The van der Waals surface area contributed by atoms with Crippen LogP contribution >= 0.6 is 0 Å². The lowest BCUT2D eigenvalue weighted by atomic mass is 10.0. The zero-order valence-electron chi connectivity index (χ0n) is 43.9. The molecule has 0 rings (SSSR count). The maximum atomic E-state index is 13.3. The third-order valence-corrected chi connectivity index (χ3v) is 13.6. The average Bonchev–Trinajstić information content (AvgIpc) is 3.30. The van der Waals surface area contributed by atoms with Gasteiger partial charge in [0.05, 0.1) is 25.2 Å². The van der Waals surface area contributed by atoms with E-state index in [1.807, 2.05) is 0 Å². The molecule has 384 valence electrons.